The lowest BCUT2D eigenvalue weighted by Gasteiger charge is -2.26. The molecule has 1 aliphatic heterocycles. The molecule has 8 heteroatoms. The van der Waals surface area contributed by atoms with Gasteiger partial charge in [-0.2, -0.15) is 0 Å². The first-order valence-electron chi connectivity index (χ1n) is 11.7. The Kier molecular flexibility index (Phi) is 8.73. The molecule has 7 nitrogen and oxygen atoms in total. The van der Waals surface area contributed by atoms with Crippen molar-refractivity contribution in [2.24, 2.45) is 10.9 Å². The number of guanidine groups is 1. The summed E-state index contributed by atoms with van der Waals surface area (Å²) in [6, 6.07) is 5.04. The number of likely N-dealkylation sites (N-methyl/N-ethyl adjacent to an activating group) is 1. The van der Waals surface area contributed by atoms with Crippen LogP contribution in [0, 0.1) is 11.7 Å². The van der Waals surface area contributed by atoms with Crippen LogP contribution in [0.3, 0.4) is 0 Å². The molecule has 0 aromatic heterocycles. The number of nitrogens with zero attached hydrogens (tertiary/aromatic N) is 3. The van der Waals surface area contributed by atoms with Gasteiger partial charge in [0.25, 0.3) is 0 Å². The quantitative estimate of drug-likeness (QED) is 0.328. The first-order chi connectivity index (χ1) is 15.4. The van der Waals surface area contributed by atoms with E-state index in [2.05, 4.69) is 20.5 Å². The number of benzene rings is 1. The maximum absolute atomic E-state index is 14.4. The van der Waals surface area contributed by atoms with Gasteiger partial charge in [-0.15, -0.1) is 0 Å². The highest BCUT2D eigenvalue weighted by molar-refractivity contribution is 5.81. The number of ether oxygens (including phenoxy) is 1. The number of carbonyl (C=O) groups excluding carboxylic acids is 1. The number of carbonyl (C=O) groups is 1. The fourth-order valence-electron chi connectivity index (χ4n) is 4.04. The molecular weight excluding hydrogens is 409 g/mol. The second kappa shape index (κ2) is 11.5. The van der Waals surface area contributed by atoms with Crippen LogP contribution in [-0.2, 0) is 4.79 Å². The predicted octanol–water partition coefficient (Wildman–Crippen LogP) is 2.78. The number of aliphatic imine (C=N–C) groups is 1. The van der Waals surface area contributed by atoms with Crippen LogP contribution in [0.15, 0.2) is 23.2 Å². The minimum absolute atomic E-state index is 0.00795. The average molecular weight is 448 g/mol. The SMILES string of the molecule is CN=C(NCCCN1CCCC1C(=O)N(C)C)NC(C)c1ccc(OCC2CC2)c(F)c1. The van der Waals surface area contributed by atoms with Gasteiger partial charge < -0.3 is 20.3 Å². The van der Waals surface area contributed by atoms with Gasteiger partial charge in [-0.1, -0.05) is 6.07 Å². The van der Waals surface area contributed by atoms with Gasteiger partial charge in [0.1, 0.15) is 0 Å². The Morgan fingerprint density at radius 3 is 2.78 bits per heavy atom. The molecule has 178 valence electrons. The third-order valence-corrected chi connectivity index (χ3v) is 6.21. The maximum atomic E-state index is 14.4. The normalized spacial score (nSPS) is 20.2. The van der Waals surface area contributed by atoms with Crippen molar-refractivity contribution in [1.29, 1.82) is 0 Å². The highest BCUT2D eigenvalue weighted by Gasteiger charge is 2.31. The smallest absolute Gasteiger partial charge is 0.239 e. The third-order valence-electron chi connectivity index (χ3n) is 6.21. The largest absolute Gasteiger partial charge is 0.490 e. The molecule has 32 heavy (non-hydrogen) atoms. The van der Waals surface area contributed by atoms with E-state index in [4.69, 9.17) is 4.74 Å². The van der Waals surface area contributed by atoms with Gasteiger partial charge >= 0.3 is 0 Å². The van der Waals surface area contributed by atoms with Gasteiger partial charge in [0.05, 0.1) is 18.7 Å². The van der Waals surface area contributed by atoms with E-state index in [1.807, 2.05) is 27.1 Å². The van der Waals surface area contributed by atoms with Crippen LogP contribution in [-0.4, -0.2) is 75.1 Å². The summed E-state index contributed by atoms with van der Waals surface area (Å²) in [5, 5.41) is 6.64. The molecule has 1 aliphatic carbocycles. The number of amides is 1. The highest BCUT2D eigenvalue weighted by atomic mass is 19.1. The molecule has 1 saturated carbocycles. The van der Waals surface area contributed by atoms with Crippen molar-refractivity contribution in [3.05, 3.63) is 29.6 Å². The summed E-state index contributed by atoms with van der Waals surface area (Å²) in [7, 11) is 5.36. The van der Waals surface area contributed by atoms with Crippen molar-refractivity contribution < 1.29 is 13.9 Å². The zero-order valence-electron chi connectivity index (χ0n) is 19.9. The average Bonchev–Trinajstić information content (AvgIpc) is 3.49. The van der Waals surface area contributed by atoms with Crippen molar-refractivity contribution >= 4 is 11.9 Å². The molecule has 2 N–H and O–H groups in total. The minimum Gasteiger partial charge on any atom is -0.490 e. The molecule has 1 aromatic rings. The van der Waals surface area contributed by atoms with Gasteiger partial charge in [0.15, 0.2) is 17.5 Å². The molecule has 0 spiro atoms. The molecule has 0 bridgehead atoms. The lowest BCUT2D eigenvalue weighted by atomic mass is 10.1. The number of likely N-dealkylation sites (tertiary alicyclic amines) is 1. The zero-order chi connectivity index (χ0) is 23.1. The Morgan fingerprint density at radius 1 is 1.34 bits per heavy atom. The summed E-state index contributed by atoms with van der Waals surface area (Å²) in [4.78, 5) is 20.6. The third kappa shape index (κ3) is 6.82. The maximum Gasteiger partial charge on any atom is 0.239 e. The fraction of sp³-hybridized carbons (Fsp3) is 0.667. The van der Waals surface area contributed by atoms with E-state index in [1.54, 1.807) is 18.0 Å². The number of hydrogen-bond donors (Lipinski definition) is 2. The fourth-order valence-corrected chi connectivity index (χ4v) is 4.04. The number of nitrogens with one attached hydrogen (secondary N) is 2. The number of halogens is 1. The minimum atomic E-state index is -0.327. The molecule has 2 aliphatic rings. The van der Waals surface area contributed by atoms with E-state index in [0.717, 1.165) is 44.5 Å². The van der Waals surface area contributed by atoms with Crippen molar-refractivity contribution in [2.45, 2.75) is 51.1 Å². The summed E-state index contributed by atoms with van der Waals surface area (Å²) < 4.78 is 20.0. The standard InChI is InChI=1S/C24H38FN5O2/c1-17(19-10-11-22(20(25)15-19)32-16-18-8-9-18)28-24(26-2)27-12-6-14-30-13-5-7-21(30)23(31)29(3)4/h10-11,15,17-18,21H,5-9,12-14,16H2,1-4H3,(H2,26,27,28). The van der Waals surface area contributed by atoms with Gasteiger partial charge in [0.2, 0.25) is 5.91 Å². The molecule has 1 amide bonds. The molecule has 1 aromatic carbocycles. The zero-order valence-corrected chi connectivity index (χ0v) is 19.9. The Hall–Kier alpha value is -2.35. The van der Waals surface area contributed by atoms with Crippen molar-refractivity contribution in [1.82, 2.24) is 20.4 Å². The van der Waals surface area contributed by atoms with E-state index in [9.17, 15) is 9.18 Å². The van der Waals surface area contributed by atoms with Crippen LogP contribution in [0.1, 0.15) is 50.6 Å². The van der Waals surface area contributed by atoms with Crippen LogP contribution < -0.4 is 15.4 Å². The summed E-state index contributed by atoms with van der Waals surface area (Å²) in [5.41, 5.74) is 0.839. The van der Waals surface area contributed by atoms with E-state index in [0.29, 0.717) is 24.2 Å². The van der Waals surface area contributed by atoms with Crippen LogP contribution in [0.4, 0.5) is 4.39 Å². The van der Waals surface area contributed by atoms with Crippen LogP contribution >= 0.6 is 0 Å². The number of rotatable bonds is 10. The second-order valence-electron chi connectivity index (χ2n) is 9.09. The molecule has 0 radical (unpaired) electrons. The highest BCUT2D eigenvalue weighted by Crippen LogP contribution is 2.30. The first-order valence-corrected chi connectivity index (χ1v) is 11.7. The van der Waals surface area contributed by atoms with Gasteiger partial charge in [-0.25, -0.2) is 4.39 Å². The molecule has 1 heterocycles. The predicted molar refractivity (Wildman–Crippen MR) is 125 cm³/mol. The van der Waals surface area contributed by atoms with E-state index in [1.165, 1.54) is 18.9 Å². The van der Waals surface area contributed by atoms with Gasteiger partial charge in [0, 0.05) is 34.2 Å². The van der Waals surface area contributed by atoms with Crippen LogP contribution in [0.5, 0.6) is 5.75 Å². The number of hydrogen-bond acceptors (Lipinski definition) is 4. The molecule has 3 rings (SSSR count). The molecular formula is C24H38FN5O2. The first kappa shape index (κ1) is 24.3. The van der Waals surface area contributed by atoms with Gasteiger partial charge in [-0.3, -0.25) is 14.7 Å². The van der Waals surface area contributed by atoms with E-state index in [-0.39, 0.29) is 23.8 Å². The summed E-state index contributed by atoms with van der Waals surface area (Å²) in [6.45, 7) is 5.17. The molecule has 2 unspecified atom stereocenters. The monoisotopic (exact) mass is 447 g/mol. The Morgan fingerprint density at radius 2 is 2.12 bits per heavy atom. The topological polar surface area (TPSA) is 69.2 Å². The van der Waals surface area contributed by atoms with E-state index < -0.39 is 0 Å². The van der Waals surface area contributed by atoms with Gasteiger partial charge in [-0.05, 0) is 69.2 Å². The Balaban J connectivity index is 1.42. The van der Waals surface area contributed by atoms with Crippen LogP contribution in [0.2, 0.25) is 0 Å². The Bertz CT molecular complexity index is 797. The second-order valence-corrected chi connectivity index (χ2v) is 9.09. The lowest BCUT2D eigenvalue weighted by Crippen LogP contribution is -2.44. The van der Waals surface area contributed by atoms with Crippen molar-refractivity contribution in [3.8, 4) is 5.75 Å². The summed E-state index contributed by atoms with van der Waals surface area (Å²) in [5.74, 6) is 1.46. The van der Waals surface area contributed by atoms with Crippen LogP contribution in [0.25, 0.3) is 0 Å². The van der Waals surface area contributed by atoms with E-state index >= 15 is 0 Å². The molecule has 2 fully saturated rings. The molecule has 2 atom stereocenters. The lowest BCUT2D eigenvalue weighted by molar-refractivity contribution is -0.133. The molecule has 1 saturated heterocycles. The van der Waals surface area contributed by atoms with Crippen molar-refractivity contribution in [2.75, 3.05) is 47.4 Å². The Labute approximate surface area is 191 Å². The summed E-state index contributed by atoms with van der Waals surface area (Å²) >= 11 is 0. The van der Waals surface area contributed by atoms with Crippen molar-refractivity contribution in [3.63, 3.8) is 0 Å². The summed E-state index contributed by atoms with van der Waals surface area (Å²) in [6.07, 6.45) is 5.28.